The molecule has 0 atom stereocenters. The second-order valence-electron chi connectivity index (χ2n) is 6.90. The van der Waals surface area contributed by atoms with Gasteiger partial charge in [-0.05, 0) is 36.9 Å². The summed E-state index contributed by atoms with van der Waals surface area (Å²) in [6.07, 6.45) is -8.56. The molecule has 0 unspecified atom stereocenters. The first-order valence-corrected chi connectivity index (χ1v) is 10.7. The summed E-state index contributed by atoms with van der Waals surface area (Å²) in [5, 5.41) is 8.45. The van der Waals surface area contributed by atoms with E-state index in [1.807, 2.05) is 0 Å². The van der Waals surface area contributed by atoms with Crippen molar-refractivity contribution in [1.29, 1.82) is 0 Å². The number of ether oxygens (including phenoxy) is 2. The van der Waals surface area contributed by atoms with Gasteiger partial charge >= 0.3 is 12.5 Å². The molecule has 3 rings (SSSR count). The highest BCUT2D eigenvalue weighted by Gasteiger charge is 2.38. The maximum atomic E-state index is 14.4. The van der Waals surface area contributed by atoms with Crippen LogP contribution < -0.4 is 14.8 Å². The van der Waals surface area contributed by atoms with Gasteiger partial charge in [0.1, 0.15) is 11.3 Å². The first-order chi connectivity index (χ1) is 16.7. The second-order valence-corrected chi connectivity index (χ2v) is 7.78. The SMILES string of the molecule is CSc1cccc(NC(=O)c2c(Oc3c(F)cc(OC(F)(F)F)cc3F)nnc(C(F)(F)F)c2C)c1. The maximum Gasteiger partial charge on any atom is 0.573 e. The number of halogens is 8. The lowest BCUT2D eigenvalue weighted by Crippen LogP contribution is -2.21. The minimum atomic E-state index is -5.25. The molecule has 192 valence electrons. The highest BCUT2D eigenvalue weighted by atomic mass is 32.2. The number of aromatic nitrogens is 2. The van der Waals surface area contributed by atoms with E-state index in [4.69, 9.17) is 4.74 Å². The van der Waals surface area contributed by atoms with Gasteiger partial charge in [0.2, 0.25) is 5.75 Å². The lowest BCUT2D eigenvalue weighted by atomic mass is 10.1. The van der Waals surface area contributed by atoms with Crippen LogP contribution in [0.3, 0.4) is 0 Å². The first kappa shape index (κ1) is 27.0. The largest absolute Gasteiger partial charge is 0.573 e. The maximum absolute atomic E-state index is 14.4. The predicted octanol–water partition coefficient (Wildman–Crippen LogP) is 6.75. The molecule has 0 bridgehead atoms. The summed E-state index contributed by atoms with van der Waals surface area (Å²) in [5.41, 5.74) is -3.02. The molecule has 0 fully saturated rings. The van der Waals surface area contributed by atoms with Gasteiger partial charge in [0.15, 0.2) is 17.3 Å². The first-order valence-electron chi connectivity index (χ1n) is 9.52. The molecule has 0 aliphatic rings. The third-order valence-corrected chi connectivity index (χ3v) is 5.14. The molecular weight excluding hydrogens is 526 g/mol. The molecule has 1 N–H and O–H groups in total. The fraction of sp³-hybridized carbons (Fsp3) is 0.190. The molecule has 15 heteroatoms. The van der Waals surface area contributed by atoms with E-state index in [0.717, 1.165) is 6.92 Å². The van der Waals surface area contributed by atoms with Gasteiger partial charge in [-0.1, -0.05) is 6.07 Å². The van der Waals surface area contributed by atoms with Crippen LogP contribution >= 0.6 is 11.8 Å². The number of nitrogens with zero attached hydrogens (tertiary/aromatic N) is 2. The van der Waals surface area contributed by atoms with Crippen molar-refractivity contribution in [3.8, 4) is 17.4 Å². The number of anilines is 1. The van der Waals surface area contributed by atoms with Gasteiger partial charge in [0, 0.05) is 22.7 Å². The number of hydrogen-bond donors (Lipinski definition) is 1. The van der Waals surface area contributed by atoms with Gasteiger partial charge in [0.25, 0.3) is 11.8 Å². The van der Waals surface area contributed by atoms with E-state index in [1.54, 1.807) is 18.4 Å². The molecule has 1 amide bonds. The zero-order valence-corrected chi connectivity index (χ0v) is 18.8. The number of alkyl halides is 6. The van der Waals surface area contributed by atoms with Crippen molar-refractivity contribution in [2.24, 2.45) is 0 Å². The minimum Gasteiger partial charge on any atom is -0.431 e. The quantitative estimate of drug-likeness (QED) is 0.276. The Morgan fingerprint density at radius 1 is 1.00 bits per heavy atom. The van der Waals surface area contributed by atoms with Crippen molar-refractivity contribution >= 4 is 23.4 Å². The zero-order chi connectivity index (χ0) is 26.8. The van der Waals surface area contributed by atoms with Crippen LogP contribution in [0.25, 0.3) is 0 Å². The molecule has 2 aromatic carbocycles. The number of nitrogens with one attached hydrogen (secondary N) is 1. The van der Waals surface area contributed by atoms with Crippen molar-refractivity contribution in [3.63, 3.8) is 0 Å². The second kappa shape index (κ2) is 10.2. The highest BCUT2D eigenvalue weighted by Crippen LogP contribution is 2.37. The van der Waals surface area contributed by atoms with Crippen molar-refractivity contribution in [2.45, 2.75) is 24.4 Å². The minimum absolute atomic E-state index is 0.129. The number of carbonyl (C=O) groups excluding carboxylic acids is 1. The van der Waals surface area contributed by atoms with E-state index in [2.05, 4.69) is 20.3 Å². The van der Waals surface area contributed by atoms with Crippen LogP contribution in [0.1, 0.15) is 21.6 Å². The standard InChI is InChI=1S/C21H13F8N3O3S/c1-9-15(18(33)30-10-4-3-5-12(6-10)36-2)19(32-31-17(9)20(24,25)26)34-16-13(22)7-11(8-14(16)23)35-21(27,28)29/h3-8H,1-2H3,(H,30,33). The molecule has 1 aromatic heterocycles. The average molecular weight is 539 g/mol. The number of thioether (sulfide) groups is 1. The topological polar surface area (TPSA) is 73.3 Å². The molecular formula is C21H13F8N3O3S. The molecule has 0 aliphatic carbocycles. The van der Waals surface area contributed by atoms with Crippen LogP contribution in [0.4, 0.5) is 40.8 Å². The van der Waals surface area contributed by atoms with Crippen LogP contribution in [0.5, 0.6) is 17.4 Å². The Hall–Kier alpha value is -3.62. The van der Waals surface area contributed by atoms with Gasteiger partial charge in [-0.3, -0.25) is 4.79 Å². The van der Waals surface area contributed by atoms with Crippen LogP contribution in [0.15, 0.2) is 41.3 Å². The van der Waals surface area contributed by atoms with Crippen molar-refractivity contribution in [3.05, 3.63) is 64.9 Å². The molecule has 1 heterocycles. The summed E-state index contributed by atoms with van der Waals surface area (Å²) in [6.45, 7) is 0.866. The fourth-order valence-corrected chi connectivity index (χ4v) is 3.38. The van der Waals surface area contributed by atoms with Crippen LogP contribution in [-0.2, 0) is 6.18 Å². The monoisotopic (exact) mass is 539 g/mol. The number of rotatable bonds is 6. The summed E-state index contributed by atoms with van der Waals surface area (Å²) in [4.78, 5) is 13.6. The lowest BCUT2D eigenvalue weighted by molar-refractivity contribution is -0.274. The van der Waals surface area contributed by atoms with Crippen molar-refractivity contribution in [2.75, 3.05) is 11.6 Å². The predicted molar refractivity (Wildman–Crippen MR) is 111 cm³/mol. The Morgan fingerprint density at radius 2 is 1.64 bits per heavy atom. The van der Waals surface area contributed by atoms with Crippen LogP contribution in [0.2, 0.25) is 0 Å². The Bertz CT molecular complexity index is 1280. The number of hydrogen-bond acceptors (Lipinski definition) is 6. The molecule has 0 aliphatic heterocycles. The summed E-state index contributed by atoms with van der Waals surface area (Å²) in [5.74, 6) is -8.25. The molecule has 6 nitrogen and oxygen atoms in total. The van der Waals surface area contributed by atoms with E-state index in [-0.39, 0.29) is 17.8 Å². The van der Waals surface area contributed by atoms with Gasteiger partial charge in [-0.2, -0.15) is 13.2 Å². The Kier molecular flexibility index (Phi) is 7.62. The molecule has 0 saturated carbocycles. The Labute approximate surface area is 201 Å². The normalized spacial score (nSPS) is 11.8. The Balaban J connectivity index is 2.06. The van der Waals surface area contributed by atoms with E-state index in [9.17, 15) is 39.9 Å². The van der Waals surface area contributed by atoms with Gasteiger partial charge in [-0.25, -0.2) is 8.78 Å². The lowest BCUT2D eigenvalue weighted by Gasteiger charge is -2.17. The fourth-order valence-electron chi connectivity index (χ4n) is 2.93. The van der Waals surface area contributed by atoms with E-state index >= 15 is 0 Å². The number of amides is 1. The smallest absolute Gasteiger partial charge is 0.431 e. The summed E-state index contributed by atoms with van der Waals surface area (Å²) in [6, 6.07) is 6.47. The van der Waals surface area contributed by atoms with Crippen molar-refractivity contribution in [1.82, 2.24) is 10.2 Å². The number of carbonyl (C=O) groups is 1. The highest BCUT2D eigenvalue weighted by molar-refractivity contribution is 7.98. The van der Waals surface area contributed by atoms with Gasteiger partial charge in [-0.15, -0.1) is 35.1 Å². The third kappa shape index (κ3) is 6.33. The van der Waals surface area contributed by atoms with E-state index in [0.29, 0.717) is 4.90 Å². The third-order valence-electron chi connectivity index (χ3n) is 4.41. The van der Waals surface area contributed by atoms with Crippen molar-refractivity contribution < 1.29 is 49.4 Å². The van der Waals surface area contributed by atoms with Crippen LogP contribution in [0, 0.1) is 18.6 Å². The van der Waals surface area contributed by atoms with E-state index in [1.165, 1.54) is 23.9 Å². The number of benzene rings is 2. The average Bonchev–Trinajstić information content (AvgIpc) is 2.74. The molecule has 0 radical (unpaired) electrons. The van der Waals surface area contributed by atoms with Gasteiger partial charge in [0.05, 0.1) is 0 Å². The summed E-state index contributed by atoms with van der Waals surface area (Å²) < 4.78 is 114. The van der Waals surface area contributed by atoms with Gasteiger partial charge < -0.3 is 14.8 Å². The van der Waals surface area contributed by atoms with E-state index < -0.39 is 64.3 Å². The summed E-state index contributed by atoms with van der Waals surface area (Å²) >= 11 is 1.32. The van der Waals surface area contributed by atoms with Crippen LogP contribution in [-0.4, -0.2) is 28.7 Å². The summed E-state index contributed by atoms with van der Waals surface area (Å²) in [7, 11) is 0. The molecule has 0 spiro atoms. The Morgan fingerprint density at radius 3 is 2.19 bits per heavy atom. The molecule has 36 heavy (non-hydrogen) atoms. The molecule has 0 saturated heterocycles. The molecule has 3 aromatic rings. The zero-order valence-electron chi connectivity index (χ0n) is 18.0.